The summed E-state index contributed by atoms with van der Waals surface area (Å²) in [6.45, 7) is 8.00. The number of hydrogen-bond acceptors (Lipinski definition) is 0. The van der Waals surface area contributed by atoms with Crippen molar-refractivity contribution in [2.75, 3.05) is 0 Å². The minimum atomic E-state index is 0. The van der Waals surface area contributed by atoms with E-state index in [9.17, 15) is 0 Å². The van der Waals surface area contributed by atoms with Gasteiger partial charge in [-0.2, -0.15) is 0 Å². The molecule has 0 saturated carbocycles. The predicted octanol–water partition coefficient (Wildman–Crippen LogP) is 14.7. The molecule has 0 bridgehead atoms. The SMILES string of the molecule is CC(CC(C)[N-]c1c(Cl)cccc1Cl)[N-]c1c(Cl)cccc1Cl.CC(CC(C)[N-]c1c(Cl)cccc1Cl)[N-]c1c(Cl)cccc1Cl.O.O.[Cu+2].[Cu+2]. The predicted molar refractivity (Wildman–Crippen MR) is 212 cm³/mol. The van der Waals surface area contributed by atoms with Gasteiger partial charge in [0.05, 0.1) is 0 Å². The summed E-state index contributed by atoms with van der Waals surface area (Å²) < 4.78 is 0. The van der Waals surface area contributed by atoms with E-state index in [1.165, 1.54) is 0 Å². The fourth-order valence-corrected chi connectivity index (χ4v) is 6.51. The molecular formula is C34H36Cl8Cu2N4O2. The molecule has 4 atom stereocenters. The second-order valence-electron chi connectivity index (χ2n) is 10.7. The third-order valence-electron chi connectivity index (χ3n) is 6.51. The second-order valence-corrected chi connectivity index (χ2v) is 13.9. The molecule has 0 aliphatic rings. The Balaban J connectivity index is 0. The average Bonchev–Trinajstić information content (AvgIpc) is 2.97. The Kier molecular flexibility index (Phi) is 26.1. The van der Waals surface area contributed by atoms with E-state index in [2.05, 4.69) is 21.3 Å². The van der Waals surface area contributed by atoms with Crippen molar-refractivity contribution in [2.45, 2.75) is 64.7 Å². The zero-order valence-corrected chi connectivity index (χ0v) is 35.0. The van der Waals surface area contributed by atoms with Crippen LogP contribution < -0.4 is 0 Å². The van der Waals surface area contributed by atoms with Crippen LogP contribution in [0, 0.1) is 0 Å². The third kappa shape index (κ3) is 16.2. The van der Waals surface area contributed by atoms with Gasteiger partial charge in [-0.15, -0.1) is 46.9 Å². The fraction of sp³-hybridized carbons (Fsp3) is 0.294. The summed E-state index contributed by atoms with van der Waals surface area (Å²) in [5.74, 6) is 0. The van der Waals surface area contributed by atoms with Gasteiger partial charge in [0.2, 0.25) is 0 Å². The molecule has 4 aromatic rings. The maximum atomic E-state index is 6.14. The summed E-state index contributed by atoms with van der Waals surface area (Å²) in [5.41, 5.74) is 2.47. The van der Waals surface area contributed by atoms with Crippen LogP contribution in [0.25, 0.3) is 21.3 Å². The Morgan fingerprint density at radius 3 is 0.640 bits per heavy atom. The molecule has 0 aliphatic heterocycles. The molecular weight excluding hydrogens is 907 g/mol. The van der Waals surface area contributed by atoms with E-state index in [0.717, 1.165) is 12.8 Å². The van der Waals surface area contributed by atoms with E-state index >= 15 is 0 Å². The van der Waals surface area contributed by atoms with Crippen LogP contribution in [0.5, 0.6) is 0 Å². The maximum Gasteiger partial charge on any atom is 2.00 e. The molecule has 0 spiro atoms. The van der Waals surface area contributed by atoms with Gasteiger partial charge in [0.15, 0.2) is 0 Å². The van der Waals surface area contributed by atoms with Gasteiger partial charge in [0, 0.05) is 40.2 Å². The summed E-state index contributed by atoms with van der Waals surface area (Å²) in [6.07, 6.45) is 1.45. The van der Waals surface area contributed by atoms with Gasteiger partial charge in [-0.3, -0.25) is 0 Å². The van der Waals surface area contributed by atoms with Gasteiger partial charge in [-0.05, 0) is 48.5 Å². The van der Waals surface area contributed by atoms with Gasteiger partial charge >= 0.3 is 34.1 Å². The first-order valence-electron chi connectivity index (χ1n) is 14.4. The van der Waals surface area contributed by atoms with Gasteiger partial charge < -0.3 is 32.2 Å². The largest absolute Gasteiger partial charge is 2.00 e. The Morgan fingerprint density at radius 1 is 0.360 bits per heavy atom. The molecule has 282 valence electrons. The quantitative estimate of drug-likeness (QED) is 0.126. The topological polar surface area (TPSA) is 119 Å². The second kappa shape index (κ2) is 25.4. The number of benzene rings is 4. The molecule has 2 radical (unpaired) electrons. The van der Waals surface area contributed by atoms with Gasteiger partial charge in [-0.1, -0.05) is 158 Å². The van der Waals surface area contributed by atoms with Crippen LogP contribution in [0.4, 0.5) is 22.7 Å². The number of rotatable bonds is 12. The van der Waals surface area contributed by atoms with Crippen molar-refractivity contribution < 1.29 is 45.1 Å². The molecule has 4 unspecified atom stereocenters. The van der Waals surface area contributed by atoms with Crippen LogP contribution in [0.3, 0.4) is 0 Å². The number of hydrogen-bond donors (Lipinski definition) is 0. The third-order valence-corrected chi connectivity index (χ3v) is 8.95. The first-order valence-corrected chi connectivity index (χ1v) is 17.4. The molecule has 0 heterocycles. The standard InChI is InChI=1S/2C17H16Cl4N2.2Cu.2H2O/c2*1-10(22-16-12(18)5-3-6-13(16)19)9-11(2)23-17-14(20)7-4-8-15(17)21;;;;/h2*3-8,10-11H,9H2,1-2H3;;;2*1H2/q2*-2;2*+2;;. The zero-order valence-electron chi connectivity index (χ0n) is 27.1. The molecule has 0 aromatic heterocycles. The number of nitrogens with zero attached hydrogens (tertiary/aromatic N) is 4. The van der Waals surface area contributed by atoms with Crippen LogP contribution in [0.2, 0.25) is 40.2 Å². The minimum absolute atomic E-state index is 0. The Labute approximate surface area is 356 Å². The monoisotopic (exact) mass is 938 g/mol. The van der Waals surface area contributed by atoms with E-state index in [4.69, 9.17) is 92.8 Å². The summed E-state index contributed by atoms with van der Waals surface area (Å²) in [4.78, 5) is 0. The number of halogens is 8. The van der Waals surface area contributed by atoms with Crippen molar-refractivity contribution in [3.8, 4) is 0 Å². The summed E-state index contributed by atoms with van der Waals surface area (Å²) >= 11 is 49.2. The molecule has 4 rings (SSSR count). The van der Waals surface area contributed by atoms with E-state index in [-0.39, 0.29) is 69.3 Å². The summed E-state index contributed by atoms with van der Waals surface area (Å²) in [6, 6.07) is 21.4. The van der Waals surface area contributed by atoms with E-state index in [0.29, 0.717) is 62.9 Å². The van der Waals surface area contributed by atoms with Crippen molar-refractivity contribution in [3.63, 3.8) is 0 Å². The van der Waals surface area contributed by atoms with E-state index in [1.54, 1.807) is 72.8 Å². The Bertz CT molecular complexity index is 1300. The molecule has 50 heavy (non-hydrogen) atoms. The van der Waals surface area contributed by atoms with Crippen molar-refractivity contribution in [3.05, 3.63) is 134 Å². The van der Waals surface area contributed by atoms with Gasteiger partial charge in [-0.25, -0.2) is 0 Å². The van der Waals surface area contributed by atoms with E-state index in [1.807, 2.05) is 27.7 Å². The normalized spacial score (nSPS) is 12.4. The molecule has 0 aliphatic carbocycles. The Hall–Kier alpha value is -0.641. The maximum absolute atomic E-state index is 6.14. The average molecular weight is 943 g/mol. The van der Waals surface area contributed by atoms with Crippen LogP contribution >= 0.6 is 92.8 Å². The smallest absolute Gasteiger partial charge is 0.680 e. The Morgan fingerprint density at radius 2 is 0.500 bits per heavy atom. The molecule has 0 amide bonds. The van der Waals surface area contributed by atoms with Crippen LogP contribution in [-0.4, -0.2) is 35.1 Å². The minimum Gasteiger partial charge on any atom is -0.680 e. The van der Waals surface area contributed by atoms with Gasteiger partial charge in [0.1, 0.15) is 0 Å². The molecule has 16 heteroatoms. The molecule has 6 nitrogen and oxygen atoms in total. The van der Waals surface area contributed by atoms with Crippen molar-refractivity contribution in [2.24, 2.45) is 0 Å². The molecule has 4 N–H and O–H groups in total. The van der Waals surface area contributed by atoms with Crippen molar-refractivity contribution >= 4 is 116 Å². The van der Waals surface area contributed by atoms with Crippen molar-refractivity contribution in [1.29, 1.82) is 0 Å². The molecule has 4 aromatic carbocycles. The molecule has 0 saturated heterocycles. The summed E-state index contributed by atoms with van der Waals surface area (Å²) in [5, 5.41) is 22.7. The molecule has 0 fully saturated rings. The van der Waals surface area contributed by atoms with E-state index < -0.39 is 0 Å². The fourth-order valence-electron chi connectivity index (χ4n) is 4.53. The van der Waals surface area contributed by atoms with Crippen molar-refractivity contribution in [1.82, 2.24) is 0 Å². The van der Waals surface area contributed by atoms with Gasteiger partial charge in [0.25, 0.3) is 0 Å². The first-order chi connectivity index (χ1) is 21.8. The number of para-hydroxylation sites is 4. The van der Waals surface area contributed by atoms with Crippen LogP contribution in [0.15, 0.2) is 72.8 Å². The van der Waals surface area contributed by atoms with Crippen LogP contribution in [-0.2, 0) is 34.1 Å². The van der Waals surface area contributed by atoms with Crippen LogP contribution in [0.1, 0.15) is 40.5 Å². The summed E-state index contributed by atoms with van der Waals surface area (Å²) in [7, 11) is 0. The zero-order chi connectivity index (χ0) is 34.0. The first kappa shape index (κ1) is 51.5.